The molecule has 0 bridgehead atoms. The second-order valence-corrected chi connectivity index (χ2v) is 6.21. The van der Waals surface area contributed by atoms with Crippen molar-refractivity contribution in [1.29, 1.82) is 0 Å². The van der Waals surface area contributed by atoms with Crippen LogP contribution < -0.4 is 4.72 Å². The van der Waals surface area contributed by atoms with Gasteiger partial charge >= 0.3 is 0 Å². The summed E-state index contributed by atoms with van der Waals surface area (Å²) in [6.07, 6.45) is 6.05. The zero-order valence-electron chi connectivity index (χ0n) is 11.5. The van der Waals surface area contributed by atoms with E-state index in [2.05, 4.69) is 14.7 Å². The summed E-state index contributed by atoms with van der Waals surface area (Å²) >= 11 is 0. The number of rotatable bonds is 4. The van der Waals surface area contributed by atoms with Crippen LogP contribution in [0.5, 0.6) is 0 Å². The van der Waals surface area contributed by atoms with E-state index < -0.39 is 26.6 Å². The predicted octanol–water partition coefficient (Wildman–Crippen LogP) is 2.35. The maximum absolute atomic E-state index is 13.6. The summed E-state index contributed by atoms with van der Waals surface area (Å²) in [6.45, 7) is 0. The van der Waals surface area contributed by atoms with E-state index >= 15 is 0 Å². The lowest BCUT2D eigenvalue weighted by molar-refractivity contribution is 0.555. The lowest BCUT2D eigenvalue weighted by atomic mass is 10.3. The summed E-state index contributed by atoms with van der Waals surface area (Å²) < 4.78 is 54.8. The van der Waals surface area contributed by atoms with E-state index in [0.717, 1.165) is 12.1 Å². The number of hydrogen-bond donors (Lipinski definition) is 1. The Hall–Kier alpha value is -2.81. The zero-order chi connectivity index (χ0) is 16.4. The fraction of sp³-hybridized carbons (Fsp3) is 0. The Morgan fingerprint density at radius 2 is 1.96 bits per heavy atom. The summed E-state index contributed by atoms with van der Waals surface area (Å²) in [5.74, 6) is -1.36. The van der Waals surface area contributed by atoms with Crippen LogP contribution >= 0.6 is 0 Å². The van der Waals surface area contributed by atoms with Crippen molar-refractivity contribution < 1.29 is 17.2 Å². The number of pyridine rings is 1. The molecule has 0 saturated carbocycles. The normalized spacial score (nSPS) is 11.4. The first-order valence-corrected chi connectivity index (χ1v) is 7.86. The molecule has 0 atom stereocenters. The molecule has 0 saturated heterocycles. The summed E-state index contributed by atoms with van der Waals surface area (Å²) in [5.41, 5.74) is 0.123. The molecule has 0 radical (unpaired) electrons. The number of sulfonamides is 1. The fourth-order valence-corrected chi connectivity index (χ4v) is 3.02. The van der Waals surface area contributed by atoms with Gasteiger partial charge in [-0.05, 0) is 30.3 Å². The van der Waals surface area contributed by atoms with Gasteiger partial charge in [-0.25, -0.2) is 27.2 Å². The smallest absolute Gasteiger partial charge is 0.264 e. The SMILES string of the molecule is O=S(=O)(Nc1ccc(-n2ccnc2)nc1)c1cc(F)ccc1F. The van der Waals surface area contributed by atoms with Gasteiger partial charge in [0.05, 0.1) is 11.9 Å². The van der Waals surface area contributed by atoms with E-state index in [0.29, 0.717) is 11.9 Å². The molecule has 0 aliphatic carbocycles. The van der Waals surface area contributed by atoms with Gasteiger partial charge in [-0.2, -0.15) is 0 Å². The third kappa shape index (κ3) is 3.19. The topological polar surface area (TPSA) is 76.9 Å². The number of halogens is 2. The van der Waals surface area contributed by atoms with Crippen molar-refractivity contribution >= 4 is 15.7 Å². The zero-order valence-corrected chi connectivity index (χ0v) is 12.3. The number of imidazole rings is 1. The Kier molecular flexibility index (Phi) is 3.78. The quantitative estimate of drug-likeness (QED) is 0.793. The molecule has 9 heteroatoms. The van der Waals surface area contributed by atoms with Crippen molar-refractivity contribution in [2.24, 2.45) is 0 Å². The van der Waals surface area contributed by atoms with Gasteiger partial charge in [-0.15, -0.1) is 0 Å². The minimum absolute atomic E-state index is 0.123. The Morgan fingerprint density at radius 3 is 2.61 bits per heavy atom. The van der Waals surface area contributed by atoms with Gasteiger partial charge in [0, 0.05) is 12.4 Å². The molecule has 0 aliphatic heterocycles. The van der Waals surface area contributed by atoms with Crippen molar-refractivity contribution in [3.63, 3.8) is 0 Å². The second kappa shape index (κ2) is 5.76. The number of hydrogen-bond acceptors (Lipinski definition) is 4. The summed E-state index contributed by atoms with van der Waals surface area (Å²) in [4.78, 5) is 7.17. The molecule has 1 aromatic carbocycles. The number of benzene rings is 1. The van der Waals surface area contributed by atoms with Crippen LogP contribution in [-0.4, -0.2) is 23.0 Å². The van der Waals surface area contributed by atoms with E-state index in [4.69, 9.17) is 0 Å². The number of aromatic nitrogens is 3. The summed E-state index contributed by atoms with van der Waals surface area (Å²) in [5, 5.41) is 0. The molecule has 2 aromatic heterocycles. The maximum Gasteiger partial charge on any atom is 0.264 e. The molecule has 118 valence electrons. The Balaban J connectivity index is 1.87. The first-order chi connectivity index (χ1) is 11.0. The molecule has 3 rings (SSSR count). The standard InChI is InChI=1S/C14H10F2N4O2S/c15-10-1-3-12(16)13(7-10)23(21,22)19-11-2-4-14(18-8-11)20-6-5-17-9-20/h1-9,19H. The average Bonchev–Trinajstić information content (AvgIpc) is 3.04. The molecule has 0 amide bonds. The minimum atomic E-state index is -4.26. The van der Waals surface area contributed by atoms with Gasteiger partial charge < -0.3 is 0 Å². The first kappa shape index (κ1) is 15.1. The van der Waals surface area contributed by atoms with Gasteiger partial charge in [-0.1, -0.05) is 0 Å². The van der Waals surface area contributed by atoms with Crippen molar-refractivity contribution in [3.8, 4) is 5.82 Å². The van der Waals surface area contributed by atoms with Crippen molar-refractivity contribution in [1.82, 2.24) is 14.5 Å². The highest BCUT2D eigenvalue weighted by molar-refractivity contribution is 7.92. The molecule has 23 heavy (non-hydrogen) atoms. The van der Waals surface area contributed by atoms with Crippen LogP contribution in [0, 0.1) is 11.6 Å². The van der Waals surface area contributed by atoms with E-state index in [9.17, 15) is 17.2 Å². The third-order valence-corrected chi connectivity index (χ3v) is 4.35. The van der Waals surface area contributed by atoms with Gasteiger partial charge in [0.1, 0.15) is 28.7 Å². The van der Waals surface area contributed by atoms with Crippen LogP contribution in [0.3, 0.4) is 0 Å². The van der Waals surface area contributed by atoms with E-state index in [1.807, 2.05) is 0 Å². The van der Waals surface area contributed by atoms with E-state index in [1.54, 1.807) is 23.0 Å². The molecule has 3 aromatic rings. The van der Waals surface area contributed by atoms with E-state index in [1.165, 1.54) is 18.6 Å². The molecular weight excluding hydrogens is 326 g/mol. The van der Waals surface area contributed by atoms with Crippen molar-refractivity contribution in [3.05, 3.63) is 66.9 Å². The second-order valence-electron chi connectivity index (χ2n) is 4.56. The molecule has 6 nitrogen and oxygen atoms in total. The summed E-state index contributed by atoms with van der Waals surface area (Å²) in [7, 11) is -4.26. The maximum atomic E-state index is 13.6. The largest absolute Gasteiger partial charge is 0.291 e. The molecule has 0 aliphatic rings. The Morgan fingerprint density at radius 1 is 1.13 bits per heavy atom. The predicted molar refractivity (Wildman–Crippen MR) is 78.5 cm³/mol. The first-order valence-electron chi connectivity index (χ1n) is 6.38. The highest BCUT2D eigenvalue weighted by Gasteiger charge is 2.20. The molecule has 0 unspecified atom stereocenters. The van der Waals surface area contributed by atoms with Crippen LogP contribution in [0.4, 0.5) is 14.5 Å². The molecule has 2 heterocycles. The molecule has 0 fully saturated rings. The fourth-order valence-electron chi connectivity index (χ4n) is 1.89. The highest BCUT2D eigenvalue weighted by atomic mass is 32.2. The lowest BCUT2D eigenvalue weighted by Gasteiger charge is -2.09. The van der Waals surface area contributed by atoms with Gasteiger partial charge in [0.15, 0.2) is 0 Å². The minimum Gasteiger partial charge on any atom is -0.291 e. The number of nitrogens with zero attached hydrogens (tertiary/aromatic N) is 3. The van der Waals surface area contributed by atoms with E-state index in [-0.39, 0.29) is 5.69 Å². The highest BCUT2D eigenvalue weighted by Crippen LogP contribution is 2.20. The average molecular weight is 336 g/mol. The third-order valence-electron chi connectivity index (χ3n) is 2.95. The summed E-state index contributed by atoms with van der Waals surface area (Å²) in [6, 6.07) is 5.23. The van der Waals surface area contributed by atoms with Gasteiger partial charge in [0.2, 0.25) is 0 Å². The number of anilines is 1. The van der Waals surface area contributed by atoms with Crippen molar-refractivity contribution in [2.45, 2.75) is 4.90 Å². The Bertz CT molecular complexity index is 926. The van der Waals surface area contributed by atoms with Crippen molar-refractivity contribution in [2.75, 3.05) is 4.72 Å². The van der Waals surface area contributed by atoms with Crippen LogP contribution in [0.15, 0.2) is 60.1 Å². The molecular formula is C14H10F2N4O2S. The molecule has 0 spiro atoms. The van der Waals surface area contributed by atoms with Crippen LogP contribution in [0.25, 0.3) is 5.82 Å². The Labute approximate surface area is 130 Å². The monoisotopic (exact) mass is 336 g/mol. The molecule has 1 N–H and O–H groups in total. The van der Waals surface area contributed by atoms with Crippen LogP contribution in [0.1, 0.15) is 0 Å². The number of nitrogens with one attached hydrogen (secondary N) is 1. The lowest BCUT2D eigenvalue weighted by Crippen LogP contribution is -2.15. The van der Waals surface area contributed by atoms with Gasteiger partial charge in [-0.3, -0.25) is 9.29 Å². The van der Waals surface area contributed by atoms with Crippen LogP contribution in [-0.2, 0) is 10.0 Å². The van der Waals surface area contributed by atoms with Gasteiger partial charge in [0.25, 0.3) is 10.0 Å². The van der Waals surface area contributed by atoms with Crippen LogP contribution in [0.2, 0.25) is 0 Å².